The zero-order valence-corrected chi connectivity index (χ0v) is 7.63. The number of hydrogen-bond acceptors (Lipinski definition) is 2. The van der Waals surface area contributed by atoms with Gasteiger partial charge in [-0.1, -0.05) is 0 Å². The molecule has 0 amide bonds. The van der Waals surface area contributed by atoms with Gasteiger partial charge >= 0.3 is 0 Å². The maximum Gasteiger partial charge on any atom is 0.0263 e. The summed E-state index contributed by atoms with van der Waals surface area (Å²) in [5.74, 6) is 0.986. The molecule has 2 heteroatoms. The Morgan fingerprint density at radius 1 is 1.08 bits per heavy atom. The second-order valence-electron chi connectivity index (χ2n) is 4.60. The van der Waals surface area contributed by atoms with Crippen molar-refractivity contribution in [3.05, 3.63) is 0 Å². The van der Waals surface area contributed by atoms with Crippen molar-refractivity contribution in [3.63, 3.8) is 0 Å². The molecule has 1 N–H and O–H groups in total. The molecule has 3 fully saturated rings. The lowest BCUT2D eigenvalue weighted by atomic mass is 9.92. The van der Waals surface area contributed by atoms with Crippen LogP contribution < -0.4 is 5.32 Å². The quantitative estimate of drug-likeness (QED) is 0.621. The molecule has 1 aliphatic carbocycles. The first-order valence-corrected chi connectivity index (χ1v) is 5.41. The molecule has 2 heterocycles. The van der Waals surface area contributed by atoms with E-state index in [1.54, 1.807) is 0 Å². The molecule has 0 spiro atoms. The van der Waals surface area contributed by atoms with Crippen LogP contribution in [0.3, 0.4) is 0 Å². The van der Waals surface area contributed by atoms with Crippen molar-refractivity contribution in [2.24, 2.45) is 5.92 Å². The highest BCUT2D eigenvalue weighted by molar-refractivity contribution is 4.98. The van der Waals surface area contributed by atoms with Crippen LogP contribution in [0.2, 0.25) is 0 Å². The van der Waals surface area contributed by atoms with E-state index < -0.39 is 0 Å². The van der Waals surface area contributed by atoms with Crippen LogP contribution in [-0.4, -0.2) is 36.6 Å². The third-order valence-corrected chi connectivity index (χ3v) is 3.74. The topological polar surface area (TPSA) is 15.3 Å². The fourth-order valence-corrected chi connectivity index (χ4v) is 2.96. The molecule has 0 radical (unpaired) electrons. The van der Waals surface area contributed by atoms with Crippen LogP contribution >= 0.6 is 0 Å². The third-order valence-electron chi connectivity index (χ3n) is 3.74. The molecule has 0 aromatic heterocycles. The second kappa shape index (κ2) is 2.71. The molecule has 3 aliphatic rings. The molecule has 0 unspecified atom stereocenters. The predicted octanol–water partition coefficient (Wildman–Crippen LogP) is 0.833. The van der Waals surface area contributed by atoms with Crippen LogP contribution in [0, 0.1) is 5.92 Å². The summed E-state index contributed by atoms with van der Waals surface area (Å²) in [4.78, 5) is 2.79. The Morgan fingerprint density at radius 3 is 2.83 bits per heavy atom. The highest BCUT2D eigenvalue weighted by Crippen LogP contribution is 2.35. The molecule has 0 bridgehead atoms. The monoisotopic (exact) mass is 166 g/mol. The molecule has 2 atom stereocenters. The van der Waals surface area contributed by atoms with Crippen LogP contribution in [0.4, 0.5) is 0 Å². The molecule has 3 rings (SSSR count). The highest BCUT2D eigenvalue weighted by Gasteiger charge is 2.41. The number of likely N-dealkylation sites (tertiary alicyclic amines) is 1. The van der Waals surface area contributed by atoms with E-state index in [9.17, 15) is 0 Å². The van der Waals surface area contributed by atoms with E-state index in [2.05, 4.69) is 10.2 Å². The summed E-state index contributed by atoms with van der Waals surface area (Å²) in [6, 6.07) is 1.89. The Morgan fingerprint density at radius 2 is 2.00 bits per heavy atom. The molecular weight excluding hydrogens is 148 g/mol. The standard InChI is InChI=1S/C10H18N2/c1-2-8-6-11-7-10(8)12(5-1)9-3-4-9/h8-11H,1-7H2/t8-,10+/m1/s1. The lowest BCUT2D eigenvalue weighted by Gasteiger charge is -2.37. The Balaban J connectivity index is 1.74. The summed E-state index contributed by atoms with van der Waals surface area (Å²) in [6.45, 7) is 3.93. The molecule has 1 saturated carbocycles. The number of hydrogen-bond donors (Lipinski definition) is 1. The van der Waals surface area contributed by atoms with E-state index in [-0.39, 0.29) is 0 Å². The average Bonchev–Trinajstić information content (AvgIpc) is 2.82. The summed E-state index contributed by atoms with van der Waals surface area (Å²) in [5, 5.41) is 3.54. The largest absolute Gasteiger partial charge is 0.315 e. The first-order chi connectivity index (χ1) is 5.95. The van der Waals surface area contributed by atoms with Crippen LogP contribution in [0.15, 0.2) is 0 Å². The first-order valence-electron chi connectivity index (χ1n) is 5.41. The maximum absolute atomic E-state index is 3.54. The normalized spacial score (nSPS) is 43.0. The number of nitrogens with zero attached hydrogens (tertiary/aromatic N) is 1. The molecule has 68 valence electrons. The number of nitrogens with one attached hydrogen (secondary N) is 1. The van der Waals surface area contributed by atoms with Crippen molar-refractivity contribution in [2.75, 3.05) is 19.6 Å². The third kappa shape index (κ3) is 1.09. The molecule has 2 aliphatic heterocycles. The van der Waals surface area contributed by atoms with Gasteiger partial charge in [0.2, 0.25) is 0 Å². The van der Waals surface area contributed by atoms with Gasteiger partial charge in [-0.3, -0.25) is 4.90 Å². The van der Waals surface area contributed by atoms with Gasteiger partial charge in [-0.05, 0) is 44.7 Å². The smallest absolute Gasteiger partial charge is 0.0263 e. The fraction of sp³-hybridized carbons (Fsp3) is 1.00. The van der Waals surface area contributed by atoms with Gasteiger partial charge in [-0.25, -0.2) is 0 Å². The van der Waals surface area contributed by atoms with Gasteiger partial charge in [0.05, 0.1) is 0 Å². The Hall–Kier alpha value is -0.0800. The highest BCUT2D eigenvalue weighted by atomic mass is 15.3. The summed E-state index contributed by atoms with van der Waals surface area (Å²) < 4.78 is 0. The minimum absolute atomic E-state index is 0.909. The first kappa shape index (κ1) is 7.34. The van der Waals surface area contributed by atoms with Gasteiger partial charge in [0.25, 0.3) is 0 Å². The van der Waals surface area contributed by atoms with Crippen LogP contribution in [-0.2, 0) is 0 Å². The number of fused-ring (bicyclic) bond motifs is 1. The lowest BCUT2D eigenvalue weighted by Crippen LogP contribution is -2.46. The van der Waals surface area contributed by atoms with E-state index in [4.69, 9.17) is 0 Å². The fourth-order valence-electron chi connectivity index (χ4n) is 2.96. The molecular formula is C10H18N2. The average molecular weight is 166 g/mol. The zero-order chi connectivity index (χ0) is 7.97. The van der Waals surface area contributed by atoms with E-state index >= 15 is 0 Å². The molecule has 12 heavy (non-hydrogen) atoms. The van der Waals surface area contributed by atoms with Crippen molar-refractivity contribution >= 4 is 0 Å². The maximum atomic E-state index is 3.54. The Bertz CT molecular complexity index is 177. The molecule has 0 aromatic rings. The van der Waals surface area contributed by atoms with E-state index in [0.29, 0.717) is 0 Å². The predicted molar refractivity (Wildman–Crippen MR) is 49.1 cm³/mol. The molecule has 2 saturated heterocycles. The van der Waals surface area contributed by atoms with Crippen LogP contribution in [0.25, 0.3) is 0 Å². The lowest BCUT2D eigenvalue weighted by molar-refractivity contribution is 0.117. The number of piperidine rings is 1. The minimum Gasteiger partial charge on any atom is -0.315 e. The summed E-state index contributed by atoms with van der Waals surface area (Å²) >= 11 is 0. The van der Waals surface area contributed by atoms with Gasteiger partial charge < -0.3 is 5.32 Å². The van der Waals surface area contributed by atoms with Crippen LogP contribution in [0.1, 0.15) is 25.7 Å². The summed E-state index contributed by atoms with van der Waals surface area (Å²) in [6.07, 6.45) is 5.87. The van der Waals surface area contributed by atoms with Crippen molar-refractivity contribution in [1.82, 2.24) is 10.2 Å². The van der Waals surface area contributed by atoms with Gasteiger partial charge in [0.15, 0.2) is 0 Å². The van der Waals surface area contributed by atoms with Gasteiger partial charge in [-0.15, -0.1) is 0 Å². The minimum atomic E-state index is 0.909. The molecule has 2 nitrogen and oxygen atoms in total. The second-order valence-corrected chi connectivity index (χ2v) is 4.60. The van der Waals surface area contributed by atoms with Gasteiger partial charge in [0, 0.05) is 18.6 Å². The van der Waals surface area contributed by atoms with Crippen molar-refractivity contribution in [3.8, 4) is 0 Å². The SMILES string of the molecule is C1C[C@@H]2CNC[C@@H]2N(C2CC2)C1. The van der Waals surface area contributed by atoms with E-state index in [0.717, 1.165) is 18.0 Å². The summed E-state index contributed by atoms with van der Waals surface area (Å²) in [7, 11) is 0. The van der Waals surface area contributed by atoms with Gasteiger partial charge in [0.1, 0.15) is 0 Å². The zero-order valence-electron chi connectivity index (χ0n) is 7.63. The number of rotatable bonds is 1. The van der Waals surface area contributed by atoms with E-state index in [1.165, 1.54) is 45.3 Å². The van der Waals surface area contributed by atoms with Crippen molar-refractivity contribution < 1.29 is 0 Å². The Kier molecular flexibility index (Phi) is 1.66. The van der Waals surface area contributed by atoms with Crippen LogP contribution in [0.5, 0.6) is 0 Å². The molecule has 0 aromatic carbocycles. The van der Waals surface area contributed by atoms with Crippen molar-refractivity contribution in [2.45, 2.75) is 37.8 Å². The van der Waals surface area contributed by atoms with Crippen molar-refractivity contribution in [1.29, 1.82) is 0 Å². The van der Waals surface area contributed by atoms with Gasteiger partial charge in [-0.2, -0.15) is 0 Å². The Labute approximate surface area is 74.3 Å². The summed E-state index contributed by atoms with van der Waals surface area (Å²) in [5.41, 5.74) is 0. The van der Waals surface area contributed by atoms with E-state index in [1.807, 2.05) is 0 Å².